The summed E-state index contributed by atoms with van der Waals surface area (Å²) in [6.07, 6.45) is -3.94. The minimum atomic E-state index is -4.57. The van der Waals surface area contributed by atoms with Crippen molar-refractivity contribution >= 4 is 12.0 Å². The lowest BCUT2D eigenvalue weighted by Gasteiger charge is -2.26. The van der Waals surface area contributed by atoms with E-state index in [2.05, 4.69) is 39.5 Å². The summed E-state index contributed by atoms with van der Waals surface area (Å²) in [6.45, 7) is 12.7. The van der Waals surface area contributed by atoms with Crippen LogP contribution in [-0.2, 0) is 9.63 Å². The Balaban J connectivity index is 0.000000345. The minimum absolute atomic E-state index is 0.0696. The summed E-state index contributed by atoms with van der Waals surface area (Å²) >= 11 is 0. The molecule has 8 nitrogen and oxygen atoms in total. The zero-order valence-electron chi connectivity index (χ0n) is 16.4. The third-order valence-corrected chi connectivity index (χ3v) is 4.81. The van der Waals surface area contributed by atoms with Crippen molar-refractivity contribution in [3.63, 3.8) is 0 Å². The van der Waals surface area contributed by atoms with E-state index in [0.717, 1.165) is 17.0 Å². The van der Waals surface area contributed by atoms with E-state index in [0.29, 0.717) is 17.9 Å². The quantitative estimate of drug-likeness (QED) is 0.675. The van der Waals surface area contributed by atoms with Gasteiger partial charge in [0.2, 0.25) is 0 Å². The number of halogens is 2. The Hall–Kier alpha value is -1.99. The zero-order valence-corrected chi connectivity index (χ0v) is 16.4. The smallest absolute Gasteiger partial charge is 0.417 e. The maximum atomic E-state index is 12.8. The van der Waals surface area contributed by atoms with Crippen LogP contribution < -0.4 is 10.0 Å². The second-order valence-electron chi connectivity index (χ2n) is 7.27. The minimum Gasteiger partial charge on any atom is -0.542 e. The highest BCUT2D eigenvalue weighted by Crippen LogP contribution is 2.32. The molecule has 0 aromatic heterocycles. The largest absolute Gasteiger partial charge is 0.542 e. The summed E-state index contributed by atoms with van der Waals surface area (Å²) in [5, 5.41) is 19.2. The van der Waals surface area contributed by atoms with Gasteiger partial charge in [0.25, 0.3) is 0 Å². The number of amides is 2. The molecule has 0 saturated carbocycles. The maximum absolute atomic E-state index is 12.8. The van der Waals surface area contributed by atoms with Gasteiger partial charge >= 0.3 is 12.1 Å². The number of aliphatic carboxylic acids is 1. The topological polar surface area (TPSA) is 101 Å². The Kier molecular flexibility index (Phi) is 7.92. The van der Waals surface area contributed by atoms with Gasteiger partial charge in [-0.15, -0.1) is 0 Å². The molecule has 2 bridgehead atoms. The van der Waals surface area contributed by atoms with Crippen LogP contribution in [0.3, 0.4) is 0 Å². The summed E-state index contributed by atoms with van der Waals surface area (Å²) in [4.78, 5) is 28.5. The molecule has 0 radical (unpaired) electrons. The van der Waals surface area contributed by atoms with Gasteiger partial charge in [-0.1, -0.05) is 0 Å². The summed E-state index contributed by atoms with van der Waals surface area (Å²) in [5.74, 6) is -2.72. The van der Waals surface area contributed by atoms with Crippen molar-refractivity contribution in [1.82, 2.24) is 9.96 Å². The first-order valence-corrected chi connectivity index (χ1v) is 9.09. The van der Waals surface area contributed by atoms with Crippen molar-refractivity contribution in [2.75, 3.05) is 13.1 Å². The summed E-state index contributed by atoms with van der Waals surface area (Å²) in [5.41, 5.74) is 0. The van der Waals surface area contributed by atoms with Gasteiger partial charge < -0.3 is 19.7 Å². The number of nitrogens with zero attached hydrogens (tertiary/aromatic N) is 3. The number of hydrogen-bond acceptors (Lipinski definition) is 5. The van der Waals surface area contributed by atoms with Gasteiger partial charge in [0.05, 0.1) is 30.7 Å². The number of carbonyl (C=O) groups excluding carboxylic acids is 2. The molecule has 1 N–H and O–H groups in total. The van der Waals surface area contributed by atoms with Crippen molar-refractivity contribution in [2.45, 2.75) is 77.7 Å². The fourth-order valence-corrected chi connectivity index (χ4v) is 3.53. The average Bonchev–Trinajstić information content (AvgIpc) is 2.80. The molecule has 0 unspecified atom stereocenters. The van der Waals surface area contributed by atoms with Crippen LogP contribution in [0.2, 0.25) is 0 Å². The monoisotopic (exact) mass is 390 g/mol. The van der Waals surface area contributed by atoms with E-state index >= 15 is 0 Å². The first-order valence-electron chi connectivity index (χ1n) is 9.09. The highest BCUT2D eigenvalue weighted by Gasteiger charge is 2.50. The van der Waals surface area contributed by atoms with Crippen LogP contribution in [0.4, 0.5) is 13.6 Å². The van der Waals surface area contributed by atoms with Crippen LogP contribution >= 0.6 is 0 Å². The highest BCUT2D eigenvalue weighted by molar-refractivity contribution is 5.78. The predicted octanol–water partition coefficient (Wildman–Crippen LogP) is -0.239. The van der Waals surface area contributed by atoms with E-state index in [1.165, 1.54) is 6.54 Å². The van der Waals surface area contributed by atoms with E-state index in [4.69, 9.17) is 5.26 Å². The molecule has 2 amide bonds. The molecule has 0 spiro atoms. The lowest BCUT2D eigenvalue weighted by molar-refractivity contribution is -0.940. The average molecular weight is 390 g/mol. The summed E-state index contributed by atoms with van der Waals surface area (Å²) in [6, 6.07) is 1.13. The molecule has 154 valence electrons. The Morgan fingerprint density at radius 2 is 1.93 bits per heavy atom. The third kappa shape index (κ3) is 5.49. The standard InChI is InChI=1S/C9H9F2N3O4.C8H19N/c10-9(11,7(15)16)18-14-6-2-1-5(3-12)13(4-6)8(14)17;1-6-9(7(2)3)8(4)5/h5-6H,1-2,4H2,(H,15,16);7-8H,6H2,1-5H3/t5-,6+;/m0./s1. The number of alkyl halides is 2. The van der Waals surface area contributed by atoms with Gasteiger partial charge in [-0.05, 0) is 47.5 Å². The molecule has 2 aliphatic rings. The molecule has 2 aliphatic heterocycles. The van der Waals surface area contributed by atoms with Crippen LogP contribution in [0.25, 0.3) is 0 Å². The number of carbonyl (C=O) groups is 2. The number of nitriles is 1. The molecule has 2 heterocycles. The number of urea groups is 1. The van der Waals surface area contributed by atoms with Gasteiger partial charge in [-0.3, -0.25) is 0 Å². The van der Waals surface area contributed by atoms with E-state index in [-0.39, 0.29) is 6.54 Å². The van der Waals surface area contributed by atoms with Crippen LogP contribution in [0.15, 0.2) is 0 Å². The lowest BCUT2D eigenvalue weighted by atomic mass is 10.0. The van der Waals surface area contributed by atoms with E-state index in [1.807, 2.05) is 6.07 Å². The number of hydroxylamine groups is 2. The molecule has 2 atom stereocenters. The fourth-order valence-electron chi connectivity index (χ4n) is 3.53. The first kappa shape index (κ1) is 23.0. The Bertz CT molecular complexity index is 572. The van der Waals surface area contributed by atoms with Crippen molar-refractivity contribution in [2.24, 2.45) is 0 Å². The van der Waals surface area contributed by atoms with E-state index in [1.54, 1.807) is 4.90 Å². The SMILES string of the molecule is CC[NH+](C(C)C)C(C)C.N#C[C@@H]1CC[C@@H]2CN1C(=O)N2OC(F)(F)C(=O)[O-]. The van der Waals surface area contributed by atoms with Gasteiger partial charge in [0, 0.05) is 6.54 Å². The fraction of sp³-hybridized carbons (Fsp3) is 0.824. The normalized spacial score (nSPS) is 22.2. The molecular weight excluding hydrogens is 362 g/mol. The number of rotatable bonds is 6. The van der Waals surface area contributed by atoms with Crippen LogP contribution in [0.1, 0.15) is 47.5 Å². The molecule has 10 heteroatoms. The third-order valence-electron chi connectivity index (χ3n) is 4.81. The van der Waals surface area contributed by atoms with Gasteiger partial charge in [-0.2, -0.15) is 23.9 Å². The number of carboxylic acids is 1. The van der Waals surface area contributed by atoms with Crippen molar-refractivity contribution in [3.05, 3.63) is 0 Å². The van der Waals surface area contributed by atoms with Gasteiger partial charge in [-0.25, -0.2) is 4.79 Å². The Morgan fingerprint density at radius 3 is 2.30 bits per heavy atom. The first-order chi connectivity index (χ1) is 12.5. The second kappa shape index (κ2) is 9.28. The Morgan fingerprint density at radius 1 is 1.37 bits per heavy atom. The molecule has 2 rings (SSSR count). The Labute approximate surface area is 158 Å². The number of quaternary nitrogens is 1. The lowest BCUT2D eigenvalue weighted by Crippen LogP contribution is -3.17. The number of fused-ring (bicyclic) bond motifs is 2. The number of piperidine rings is 1. The van der Waals surface area contributed by atoms with Gasteiger partial charge in [0.15, 0.2) is 0 Å². The second-order valence-corrected chi connectivity index (χ2v) is 7.27. The maximum Gasteiger partial charge on any atom is 0.417 e. The molecule has 2 saturated heterocycles. The number of carboxylic acid groups (broad SMARTS) is 1. The molecule has 27 heavy (non-hydrogen) atoms. The van der Waals surface area contributed by atoms with Gasteiger partial charge in [0.1, 0.15) is 12.0 Å². The molecule has 2 fully saturated rings. The van der Waals surface area contributed by atoms with Crippen molar-refractivity contribution in [3.8, 4) is 6.07 Å². The van der Waals surface area contributed by atoms with Crippen LogP contribution in [-0.4, -0.2) is 65.3 Å². The van der Waals surface area contributed by atoms with E-state index < -0.39 is 30.2 Å². The number of nitrogens with one attached hydrogen (secondary N) is 1. The zero-order chi connectivity index (χ0) is 20.9. The predicted molar refractivity (Wildman–Crippen MR) is 89.2 cm³/mol. The molecule has 0 aromatic rings. The van der Waals surface area contributed by atoms with Crippen molar-refractivity contribution < 1.29 is 33.2 Å². The number of hydrogen-bond donors (Lipinski definition) is 1. The van der Waals surface area contributed by atoms with E-state index in [9.17, 15) is 23.5 Å². The van der Waals surface area contributed by atoms with Crippen LogP contribution in [0, 0.1) is 11.3 Å². The molecular formula is C17H28F2N4O4. The van der Waals surface area contributed by atoms with Crippen molar-refractivity contribution in [1.29, 1.82) is 5.26 Å². The van der Waals surface area contributed by atoms with Crippen LogP contribution in [0.5, 0.6) is 0 Å². The summed E-state index contributed by atoms with van der Waals surface area (Å²) in [7, 11) is 0. The molecule has 0 aliphatic carbocycles. The summed E-state index contributed by atoms with van der Waals surface area (Å²) < 4.78 is 25.7. The molecule has 0 aromatic carbocycles. The highest BCUT2D eigenvalue weighted by atomic mass is 19.3.